The van der Waals surface area contributed by atoms with Crippen molar-refractivity contribution in [3.8, 4) is 5.75 Å². The number of amides is 1. The summed E-state index contributed by atoms with van der Waals surface area (Å²) < 4.78 is 16.1. The molecule has 1 aromatic rings. The first-order valence-corrected chi connectivity index (χ1v) is 7.10. The Morgan fingerprint density at radius 3 is 2.57 bits per heavy atom. The van der Waals surface area contributed by atoms with Crippen LogP contribution in [0.15, 0.2) is 12.1 Å². The topological polar surface area (TPSA) is 60.1 Å². The van der Waals surface area contributed by atoms with Gasteiger partial charge in [0.15, 0.2) is 0 Å². The molecule has 116 valence electrons. The monoisotopic (exact) mass is 293 g/mol. The van der Waals surface area contributed by atoms with Crippen LogP contribution in [-0.2, 0) is 9.47 Å². The highest BCUT2D eigenvalue weighted by Crippen LogP contribution is 2.27. The van der Waals surface area contributed by atoms with Gasteiger partial charge in [0.05, 0.1) is 6.61 Å². The van der Waals surface area contributed by atoms with Gasteiger partial charge < -0.3 is 14.2 Å². The number of hydrogen-bond acceptors (Lipinski definition) is 4. The third-order valence-corrected chi connectivity index (χ3v) is 2.98. The minimum absolute atomic E-state index is 0.226. The van der Waals surface area contributed by atoms with Crippen molar-refractivity contribution in [3.63, 3.8) is 0 Å². The molecule has 1 aromatic carbocycles. The summed E-state index contributed by atoms with van der Waals surface area (Å²) in [7, 11) is 0. The molecule has 1 saturated heterocycles. The maximum absolute atomic E-state index is 11.8. The molecule has 0 unspecified atom stereocenters. The second-order valence-corrected chi connectivity index (χ2v) is 6.33. The van der Waals surface area contributed by atoms with Crippen LogP contribution in [-0.4, -0.2) is 31.0 Å². The van der Waals surface area contributed by atoms with Gasteiger partial charge in [-0.15, -0.1) is 0 Å². The SMILES string of the molecule is Cc1cc(OC[C@@H]2CO2)c(C)cc1NC(=O)OC(C)(C)C. The average Bonchev–Trinajstić information content (AvgIpc) is 3.13. The van der Waals surface area contributed by atoms with Crippen molar-refractivity contribution in [2.45, 2.75) is 46.3 Å². The first-order valence-electron chi connectivity index (χ1n) is 7.10. The van der Waals surface area contributed by atoms with Crippen molar-refractivity contribution in [2.75, 3.05) is 18.5 Å². The van der Waals surface area contributed by atoms with Gasteiger partial charge in [0.1, 0.15) is 24.1 Å². The summed E-state index contributed by atoms with van der Waals surface area (Å²) >= 11 is 0. The first-order chi connectivity index (χ1) is 9.74. The van der Waals surface area contributed by atoms with Crippen LogP contribution in [0.2, 0.25) is 0 Å². The maximum Gasteiger partial charge on any atom is 0.412 e. The van der Waals surface area contributed by atoms with E-state index in [-0.39, 0.29) is 6.10 Å². The average molecular weight is 293 g/mol. The van der Waals surface area contributed by atoms with E-state index in [4.69, 9.17) is 14.2 Å². The minimum atomic E-state index is -0.514. The molecule has 1 aliphatic heterocycles. The zero-order valence-electron chi connectivity index (χ0n) is 13.3. The second-order valence-electron chi connectivity index (χ2n) is 6.33. The third kappa shape index (κ3) is 4.93. The Morgan fingerprint density at radius 2 is 2.00 bits per heavy atom. The summed E-state index contributed by atoms with van der Waals surface area (Å²) in [5.41, 5.74) is 2.11. The van der Waals surface area contributed by atoms with Gasteiger partial charge in [-0.25, -0.2) is 4.79 Å². The molecule has 0 aliphatic carbocycles. The van der Waals surface area contributed by atoms with Gasteiger partial charge in [-0.05, 0) is 57.9 Å². The van der Waals surface area contributed by atoms with Gasteiger partial charge in [0, 0.05) is 5.69 Å². The number of aryl methyl sites for hydroxylation is 2. The fourth-order valence-electron chi connectivity index (χ4n) is 1.84. The number of ether oxygens (including phenoxy) is 3. The maximum atomic E-state index is 11.8. The summed E-state index contributed by atoms with van der Waals surface area (Å²) in [5.74, 6) is 0.817. The molecule has 0 radical (unpaired) electrons. The van der Waals surface area contributed by atoms with Gasteiger partial charge in [-0.1, -0.05) is 0 Å². The van der Waals surface area contributed by atoms with E-state index in [1.165, 1.54) is 0 Å². The van der Waals surface area contributed by atoms with Crippen LogP contribution in [0.5, 0.6) is 5.75 Å². The molecule has 21 heavy (non-hydrogen) atoms. The molecule has 5 heteroatoms. The Balaban J connectivity index is 2.02. The largest absolute Gasteiger partial charge is 0.491 e. The summed E-state index contributed by atoms with van der Waals surface area (Å²) in [6.45, 7) is 10.7. The van der Waals surface area contributed by atoms with Crippen molar-refractivity contribution in [2.24, 2.45) is 0 Å². The van der Waals surface area contributed by atoms with E-state index in [1.807, 2.05) is 46.8 Å². The quantitative estimate of drug-likeness (QED) is 0.864. The molecular weight excluding hydrogens is 270 g/mol. The van der Waals surface area contributed by atoms with E-state index >= 15 is 0 Å². The van der Waals surface area contributed by atoms with Crippen molar-refractivity contribution < 1.29 is 19.0 Å². The van der Waals surface area contributed by atoms with Crippen LogP contribution < -0.4 is 10.1 Å². The van der Waals surface area contributed by atoms with E-state index in [0.29, 0.717) is 6.61 Å². The standard InChI is InChI=1S/C16H23NO4/c1-10-7-14(20-9-12-8-19-12)11(2)6-13(10)17-15(18)21-16(3,4)5/h6-7,12H,8-9H2,1-5H3,(H,17,18)/t12-/m0/s1. The van der Waals surface area contributed by atoms with Crippen LogP contribution in [0.4, 0.5) is 10.5 Å². The Kier molecular flexibility index (Phi) is 4.42. The number of carbonyl (C=O) groups excluding carboxylic acids is 1. The summed E-state index contributed by atoms with van der Waals surface area (Å²) in [4.78, 5) is 11.8. The number of hydrogen-bond donors (Lipinski definition) is 1. The number of nitrogens with one attached hydrogen (secondary N) is 1. The Bertz CT molecular complexity index is 530. The second kappa shape index (κ2) is 5.93. The molecule has 1 N–H and O–H groups in total. The number of carbonyl (C=O) groups is 1. The van der Waals surface area contributed by atoms with Crippen molar-refractivity contribution in [3.05, 3.63) is 23.3 Å². The van der Waals surface area contributed by atoms with Gasteiger partial charge in [0.25, 0.3) is 0 Å². The van der Waals surface area contributed by atoms with Gasteiger partial charge in [-0.3, -0.25) is 5.32 Å². The van der Waals surface area contributed by atoms with Gasteiger partial charge in [-0.2, -0.15) is 0 Å². The van der Waals surface area contributed by atoms with Crippen LogP contribution in [0.3, 0.4) is 0 Å². The van der Waals surface area contributed by atoms with E-state index in [2.05, 4.69) is 5.32 Å². The van der Waals surface area contributed by atoms with Crippen LogP contribution >= 0.6 is 0 Å². The van der Waals surface area contributed by atoms with Crippen LogP contribution in [0, 0.1) is 13.8 Å². The number of epoxide rings is 1. The molecule has 1 amide bonds. The lowest BCUT2D eigenvalue weighted by Crippen LogP contribution is -2.27. The Morgan fingerprint density at radius 1 is 1.33 bits per heavy atom. The molecule has 1 fully saturated rings. The summed E-state index contributed by atoms with van der Waals surface area (Å²) in [6.07, 6.45) is -0.227. The number of rotatable bonds is 4. The molecule has 1 heterocycles. The molecule has 1 aliphatic rings. The summed E-state index contributed by atoms with van der Waals surface area (Å²) in [5, 5.41) is 2.77. The van der Waals surface area contributed by atoms with Crippen LogP contribution in [0.25, 0.3) is 0 Å². The van der Waals surface area contributed by atoms with E-state index in [0.717, 1.165) is 29.2 Å². The predicted octanol–water partition coefficient (Wildman–Crippen LogP) is 3.43. The Labute approximate surface area is 125 Å². The smallest absolute Gasteiger partial charge is 0.412 e. The molecule has 2 rings (SSSR count). The zero-order chi connectivity index (χ0) is 15.6. The van der Waals surface area contributed by atoms with Gasteiger partial charge in [0.2, 0.25) is 0 Å². The highest BCUT2D eigenvalue weighted by atomic mass is 16.6. The Hall–Kier alpha value is -1.75. The highest BCUT2D eigenvalue weighted by Gasteiger charge is 2.23. The van der Waals surface area contributed by atoms with E-state index < -0.39 is 11.7 Å². The number of benzene rings is 1. The molecule has 0 spiro atoms. The molecule has 0 aromatic heterocycles. The van der Waals surface area contributed by atoms with Gasteiger partial charge >= 0.3 is 6.09 Å². The van der Waals surface area contributed by atoms with Crippen LogP contribution in [0.1, 0.15) is 31.9 Å². The highest BCUT2D eigenvalue weighted by molar-refractivity contribution is 5.86. The zero-order valence-corrected chi connectivity index (χ0v) is 13.3. The lowest BCUT2D eigenvalue weighted by Gasteiger charge is -2.20. The minimum Gasteiger partial charge on any atom is -0.491 e. The fraction of sp³-hybridized carbons (Fsp3) is 0.562. The fourth-order valence-corrected chi connectivity index (χ4v) is 1.84. The lowest BCUT2D eigenvalue weighted by atomic mass is 10.1. The van der Waals surface area contributed by atoms with E-state index in [1.54, 1.807) is 0 Å². The van der Waals surface area contributed by atoms with Crippen molar-refractivity contribution in [1.82, 2.24) is 0 Å². The normalized spacial score (nSPS) is 17.3. The van der Waals surface area contributed by atoms with Crippen molar-refractivity contribution in [1.29, 1.82) is 0 Å². The van der Waals surface area contributed by atoms with Crippen molar-refractivity contribution >= 4 is 11.8 Å². The molecule has 5 nitrogen and oxygen atoms in total. The lowest BCUT2D eigenvalue weighted by molar-refractivity contribution is 0.0636. The molecule has 1 atom stereocenters. The predicted molar refractivity (Wildman–Crippen MR) is 81.0 cm³/mol. The first kappa shape index (κ1) is 15.6. The number of anilines is 1. The summed E-state index contributed by atoms with van der Waals surface area (Å²) in [6, 6.07) is 3.81. The molecular formula is C16H23NO4. The van der Waals surface area contributed by atoms with E-state index in [9.17, 15) is 4.79 Å². The molecule has 0 bridgehead atoms. The molecule has 0 saturated carbocycles. The third-order valence-electron chi connectivity index (χ3n) is 2.98.